The molecule has 30 heavy (non-hydrogen) atoms. The van der Waals surface area contributed by atoms with E-state index in [0.717, 1.165) is 6.07 Å². The number of benzene rings is 1. The van der Waals surface area contributed by atoms with Gasteiger partial charge < -0.3 is 29.0 Å². The molecule has 1 unspecified atom stereocenters. The van der Waals surface area contributed by atoms with Crippen LogP contribution in [0.15, 0.2) is 18.2 Å². The molecule has 12 nitrogen and oxygen atoms in total. The molecule has 0 aromatic heterocycles. The van der Waals surface area contributed by atoms with Crippen molar-refractivity contribution < 1.29 is 33.5 Å². The van der Waals surface area contributed by atoms with Crippen LogP contribution in [0.1, 0.15) is 6.42 Å². The van der Waals surface area contributed by atoms with Crippen molar-refractivity contribution in [2.75, 3.05) is 72.3 Å². The third-order valence-electron chi connectivity index (χ3n) is 3.90. The van der Waals surface area contributed by atoms with Crippen LogP contribution in [-0.4, -0.2) is 83.0 Å². The van der Waals surface area contributed by atoms with Crippen LogP contribution in [0.4, 0.5) is 17.1 Å². The lowest BCUT2D eigenvalue weighted by molar-refractivity contribution is -0.393. The fraction of sp³-hybridized carbons (Fsp3) is 0.667. The first-order valence-electron chi connectivity index (χ1n) is 9.41. The minimum Gasteiger partial charge on any atom is -0.382 e. The highest BCUT2D eigenvalue weighted by molar-refractivity contribution is 5.65. The van der Waals surface area contributed by atoms with E-state index in [4.69, 9.17) is 23.7 Å². The van der Waals surface area contributed by atoms with E-state index in [-0.39, 0.29) is 23.2 Å². The fourth-order valence-corrected chi connectivity index (χ4v) is 2.36. The topological polar surface area (TPSA) is 144 Å². The van der Waals surface area contributed by atoms with Crippen molar-refractivity contribution in [3.8, 4) is 0 Å². The van der Waals surface area contributed by atoms with Crippen molar-refractivity contribution in [2.45, 2.75) is 12.5 Å². The van der Waals surface area contributed by atoms with Gasteiger partial charge in [-0.15, -0.1) is 0 Å². The molecular weight excluding hydrogens is 402 g/mol. The molecule has 0 radical (unpaired) electrons. The number of hydrogen-bond acceptors (Lipinski definition) is 10. The molecule has 1 aromatic rings. The van der Waals surface area contributed by atoms with E-state index >= 15 is 0 Å². The zero-order valence-electron chi connectivity index (χ0n) is 17.2. The summed E-state index contributed by atoms with van der Waals surface area (Å²) >= 11 is 0. The maximum Gasteiger partial charge on any atom is 0.299 e. The van der Waals surface area contributed by atoms with Gasteiger partial charge in [0.05, 0.1) is 55.6 Å². The minimum absolute atomic E-state index is 0.0978. The lowest BCUT2D eigenvalue weighted by Crippen LogP contribution is -2.24. The number of methoxy groups -OCH3 is 2. The van der Waals surface area contributed by atoms with Crippen molar-refractivity contribution in [3.05, 3.63) is 38.4 Å². The number of anilines is 1. The number of nitro benzene ring substituents is 2. The highest BCUT2D eigenvalue weighted by atomic mass is 16.6. The predicted molar refractivity (Wildman–Crippen MR) is 108 cm³/mol. The average Bonchev–Trinajstić information content (AvgIpc) is 2.73. The molecule has 0 saturated heterocycles. The normalized spacial score (nSPS) is 11.9. The number of nitrogens with one attached hydrogen (secondary N) is 1. The van der Waals surface area contributed by atoms with Crippen molar-refractivity contribution in [1.29, 1.82) is 0 Å². The van der Waals surface area contributed by atoms with Crippen LogP contribution in [0.3, 0.4) is 0 Å². The molecule has 0 amide bonds. The van der Waals surface area contributed by atoms with Crippen LogP contribution in [-0.2, 0) is 23.7 Å². The average molecular weight is 431 g/mol. The molecule has 0 saturated carbocycles. The van der Waals surface area contributed by atoms with Gasteiger partial charge in [-0.25, -0.2) is 0 Å². The highest BCUT2D eigenvalue weighted by Gasteiger charge is 2.18. The van der Waals surface area contributed by atoms with Crippen LogP contribution >= 0.6 is 0 Å². The van der Waals surface area contributed by atoms with Crippen LogP contribution < -0.4 is 5.32 Å². The minimum atomic E-state index is -0.670. The molecule has 1 aromatic carbocycles. The first-order valence-corrected chi connectivity index (χ1v) is 9.41. The fourth-order valence-electron chi connectivity index (χ4n) is 2.36. The Morgan fingerprint density at radius 1 is 0.933 bits per heavy atom. The Hall–Kier alpha value is -2.38. The summed E-state index contributed by atoms with van der Waals surface area (Å²) in [5.41, 5.74) is -0.426. The van der Waals surface area contributed by atoms with E-state index in [0.29, 0.717) is 59.2 Å². The van der Waals surface area contributed by atoms with Crippen LogP contribution in [0.5, 0.6) is 0 Å². The highest BCUT2D eigenvalue weighted by Crippen LogP contribution is 2.28. The summed E-state index contributed by atoms with van der Waals surface area (Å²) in [5.74, 6) is 0. The maximum atomic E-state index is 11.1. The number of rotatable bonds is 18. The summed E-state index contributed by atoms with van der Waals surface area (Å²) in [6.07, 6.45) is 0.509. The summed E-state index contributed by atoms with van der Waals surface area (Å²) < 4.78 is 26.4. The first-order chi connectivity index (χ1) is 14.5. The zero-order valence-corrected chi connectivity index (χ0v) is 17.2. The van der Waals surface area contributed by atoms with E-state index in [1.165, 1.54) is 12.1 Å². The Kier molecular flexibility index (Phi) is 13.2. The summed E-state index contributed by atoms with van der Waals surface area (Å²) in [6, 6.07) is 3.49. The third-order valence-corrected chi connectivity index (χ3v) is 3.90. The number of nitrogens with zero attached hydrogens (tertiary/aromatic N) is 2. The smallest absolute Gasteiger partial charge is 0.299 e. The SMILES string of the molecule is COCC(COCCOCCOCCCNc1ccc([N+](=O)[O-])cc1[N+](=O)[O-])OC. The van der Waals surface area contributed by atoms with Gasteiger partial charge in [0.25, 0.3) is 11.4 Å². The van der Waals surface area contributed by atoms with Crippen LogP contribution in [0, 0.1) is 20.2 Å². The molecule has 0 fully saturated rings. The second kappa shape index (κ2) is 15.5. The molecular formula is C18H29N3O9. The molecule has 0 aliphatic rings. The quantitative estimate of drug-likeness (QED) is 0.208. The van der Waals surface area contributed by atoms with Gasteiger partial charge in [-0.3, -0.25) is 20.2 Å². The number of nitro groups is 2. The second-order valence-electron chi connectivity index (χ2n) is 6.11. The van der Waals surface area contributed by atoms with E-state index in [9.17, 15) is 20.2 Å². The van der Waals surface area contributed by atoms with E-state index < -0.39 is 9.85 Å². The summed E-state index contributed by atoms with van der Waals surface area (Å²) in [4.78, 5) is 20.5. The molecule has 0 aliphatic heterocycles. The van der Waals surface area contributed by atoms with Gasteiger partial charge >= 0.3 is 0 Å². The molecule has 0 heterocycles. The molecule has 0 bridgehead atoms. The Balaban J connectivity index is 2.07. The largest absolute Gasteiger partial charge is 0.382 e. The van der Waals surface area contributed by atoms with Crippen molar-refractivity contribution in [3.63, 3.8) is 0 Å². The summed E-state index contributed by atoms with van der Waals surface area (Å²) in [5, 5.41) is 24.7. The molecule has 1 N–H and O–H groups in total. The van der Waals surface area contributed by atoms with Crippen molar-refractivity contribution >= 4 is 17.1 Å². The van der Waals surface area contributed by atoms with Crippen LogP contribution in [0.2, 0.25) is 0 Å². The molecule has 12 heteroatoms. The van der Waals surface area contributed by atoms with Crippen molar-refractivity contribution in [2.24, 2.45) is 0 Å². The van der Waals surface area contributed by atoms with Gasteiger partial charge in [0.15, 0.2) is 0 Å². The molecule has 0 aliphatic carbocycles. The lowest BCUT2D eigenvalue weighted by atomic mass is 10.2. The van der Waals surface area contributed by atoms with Crippen molar-refractivity contribution in [1.82, 2.24) is 0 Å². The molecule has 170 valence electrons. The number of non-ortho nitro benzene ring substituents is 1. The second-order valence-corrected chi connectivity index (χ2v) is 6.11. The summed E-state index contributed by atoms with van der Waals surface area (Å²) in [6.45, 7) is 3.51. The van der Waals surface area contributed by atoms with Crippen LogP contribution in [0.25, 0.3) is 0 Å². The standard InChI is InChI=1S/C18H29N3O9/c1-26-13-16(27-2)14-30-11-10-29-9-8-28-7-3-6-19-17-5-4-15(20(22)23)12-18(17)21(24)25/h4-5,12,16,19H,3,6-11,13-14H2,1-2H3. The maximum absolute atomic E-state index is 11.1. The Labute approximate surface area is 174 Å². The lowest BCUT2D eigenvalue weighted by Gasteiger charge is -2.14. The third kappa shape index (κ3) is 10.4. The Bertz CT molecular complexity index is 645. The molecule has 1 atom stereocenters. The summed E-state index contributed by atoms with van der Waals surface area (Å²) in [7, 11) is 3.20. The van der Waals surface area contributed by atoms with Gasteiger partial charge in [-0.1, -0.05) is 0 Å². The predicted octanol–water partition coefficient (Wildman–Crippen LogP) is 2.02. The van der Waals surface area contributed by atoms with Gasteiger partial charge in [-0.2, -0.15) is 0 Å². The first kappa shape index (κ1) is 25.7. The van der Waals surface area contributed by atoms with E-state index in [2.05, 4.69) is 5.32 Å². The Morgan fingerprint density at radius 3 is 2.20 bits per heavy atom. The number of ether oxygens (including phenoxy) is 5. The molecule has 1 rings (SSSR count). The number of hydrogen-bond donors (Lipinski definition) is 1. The van der Waals surface area contributed by atoms with Gasteiger partial charge in [0.2, 0.25) is 0 Å². The van der Waals surface area contributed by atoms with Gasteiger partial charge in [0, 0.05) is 33.4 Å². The van der Waals surface area contributed by atoms with E-state index in [1.54, 1.807) is 14.2 Å². The monoisotopic (exact) mass is 431 g/mol. The molecule has 0 spiro atoms. The van der Waals surface area contributed by atoms with E-state index in [1.807, 2.05) is 0 Å². The van der Waals surface area contributed by atoms with Gasteiger partial charge in [-0.05, 0) is 12.5 Å². The zero-order chi connectivity index (χ0) is 22.2. The Morgan fingerprint density at radius 2 is 1.60 bits per heavy atom. The van der Waals surface area contributed by atoms with Gasteiger partial charge in [0.1, 0.15) is 11.8 Å².